The first-order valence-corrected chi connectivity index (χ1v) is 15.3. The lowest BCUT2D eigenvalue weighted by atomic mass is 9.95. The smallest absolute Gasteiger partial charge is 0.259 e. The predicted molar refractivity (Wildman–Crippen MR) is 168 cm³/mol. The Morgan fingerprint density at radius 3 is 2.50 bits per heavy atom. The van der Waals surface area contributed by atoms with Gasteiger partial charge in [0, 0.05) is 60.7 Å². The van der Waals surface area contributed by atoms with E-state index in [0.717, 1.165) is 87.4 Å². The number of para-hydroxylation sites is 1. The molecule has 0 saturated carbocycles. The van der Waals surface area contributed by atoms with E-state index in [1.807, 2.05) is 62.0 Å². The Morgan fingerprint density at radius 1 is 0.909 bits per heavy atom. The van der Waals surface area contributed by atoms with Crippen molar-refractivity contribution >= 4 is 33.9 Å². The van der Waals surface area contributed by atoms with Gasteiger partial charge in [0.1, 0.15) is 0 Å². The van der Waals surface area contributed by atoms with Crippen LogP contribution in [0.4, 0.5) is 0 Å². The molecule has 0 spiro atoms. The molecule has 0 bridgehead atoms. The van der Waals surface area contributed by atoms with Crippen molar-refractivity contribution in [3.8, 4) is 11.5 Å². The molecule has 1 fully saturated rings. The van der Waals surface area contributed by atoms with E-state index in [-0.39, 0.29) is 0 Å². The van der Waals surface area contributed by atoms with Crippen LogP contribution in [0.1, 0.15) is 36.1 Å². The molecular formula is C34H39N5O5. The second-order valence-corrected chi connectivity index (χ2v) is 11.2. The van der Waals surface area contributed by atoms with Crippen molar-refractivity contribution in [3.63, 3.8) is 0 Å². The number of carbonyl (C=O) groups excluding carboxylic acids is 2. The van der Waals surface area contributed by atoms with Crippen LogP contribution in [0.25, 0.3) is 22.0 Å². The number of amides is 2. The van der Waals surface area contributed by atoms with E-state index in [1.165, 1.54) is 0 Å². The molecule has 0 aliphatic carbocycles. The second-order valence-electron chi connectivity index (χ2n) is 11.2. The van der Waals surface area contributed by atoms with Crippen molar-refractivity contribution in [1.82, 2.24) is 24.3 Å². The molecule has 2 aromatic heterocycles. The number of fused-ring (bicyclic) bond motifs is 1. The van der Waals surface area contributed by atoms with Gasteiger partial charge in [-0.1, -0.05) is 24.3 Å². The summed E-state index contributed by atoms with van der Waals surface area (Å²) in [4.78, 5) is 33.1. The van der Waals surface area contributed by atoms with Gasteiger partial charge in [0.05, 0.1) is 44.4 Å². The number of aryl methyl sites for hydroxylation is 3. The largest absolute Gasteiger partial charge is 0.493 e. The number of hydrogen-bond acceptors (Lipinski definition) is 7. The van der Waals surface area contributed by atoms with Gasteiger partial charge in [0.15, 0.2) is 11.5 Å². The first kappa shape index (κ1) is 29.7. The van der Waals surface area contributed by atoms with Crippen LogP contribution in [0.2, 0.25) is 0 Å². The summed E-state index contributed by atoms with van der Waals surface area (Å²) in [5, 5.41) is 3.45. The highest BCUT2D eigenvalue weighted by molar-refractivity contribution is 6.50. The first-order chi connectivity index (χ1) is 21.5. The molecule has 2 aliphatic rings. The molecule has 1 N–H and O–H groups in total. The number of nitrogens with one attached hydrogen (secondary N) is 1. The number of imide groups is 1. The number of carbonyl (C=O) groups is 2. The highest BCUT2D eigenvalue weighted by Crippen LogP contribution is 2.39. The summed E-state index contributed by atoms with van der Waals surface area (Å²) >= 11 is 0. The molecule has 4 aromatic rings. The maximum absolute atomic E-state index is 13.3. The van der Waals surface area contributed by atoms with Crippen molar-refractivity contribution in [2.75, 3.05) is 46.6 Å². The highest BCUT2D eigenvalue weighted by atomic mass is 16.5. The van der Waals surface area contributed by atoms with Crippen LogP contribution in [-0.2, 0) is 27.4 Å². The molecular weight excluding hydrogens is 558 g/mol. The Morgan fingerprint density at radius 2 is 1.70 bits per heavy atom. The van der Waals surface area contributed by atoms with Crippen LogP contribution < -0.4 is 14.8 Å². The van der Waals surface area contributed by atoms with Crippen LogP contribution >= 0.6 is 0 Å². The molecule has 4 heterocycles. The summed E-state index contributed by atoms with van der Waals surface area (Å²) in [7, 11) is 1.58. The van der Waals surface area contributed by atoms with Gasteiger partial charge >= 0.3 is 0 Å². The SMILES string of the molecule is COc1cc(C2=C(c3cn(CCCn4cncc4C)c4ccccc34)C(=O)NC2=O)ccc1OCCCCN1CCOCC1. The van der Waals surface area contributed by atoms with Gasteiger partial charge in [0.25, 0.3) is 11.8 Å². The van der Waals surface area contributed by atoms with Gasteiger partial charge in [-0.2, -0.15) is 0 Å². The zero-order valence-electron chi connectivity index (χ0n) is 25.4. The summed E-state index contributed by atoms with van der Waals surface area (Å²) in [5.41, 5.74) is 4.18. The van der Waals surface area contributed by atoms with E-state index >= 15 is 0 Å². The Bertz CT molecular complexity index is 1680. The van der Waals surface area contributed by atoms with Crippen LogP contribution in [0, 0.1) is 6.92 Å². The van der Waals surface area contributed by atoms with Gasteiger partial charge in [-0.05, 0) is 56.5 Å². The molecule has 2 aliphatic heterocycles. The standard InChI is InChI=1S/C34H39N5O5/c1-24-21-35-23-39(24)14-7-13-38-22-27(26-8-3-4-9-28(26)38)32-31(33(40)36-34(32)41)25-10-11-29(30(20-25)42-2)44-17-6-5-12-37-15-18-43-19-16-37/h3-4,8-11,20-23H,5-7,12-19H2,1-2H3,(H,36,40,41). The van der Waals surface area contributed by atoms with Gasteiger partial charge < -0.3 is 23.3 Å². The fourth-order valence-corrected chi connectivity index (χ4v) is 6.04. The summed E-state index contributed by atoms with van der Waals surface area (Å²) in [6.07, 6.45) is 8.53. The Labute approximate surface area is 257 Å². The first-order valence-electron chi connectivity index (χ1n) is 15.3. The minimum atomic E-state index is -0.420. The maximum Gasteiger partial charge on any atom is 0.259 e. The highest BCUT2D eigenvalue weighted by Gasteiger charge is 2.34. The molecule has 2 aromatic carbocycles. The van der Waals surface area contributed by atoms with E-state index in [0.29, 0.717) is 34.8 Å². The van der Waals surface area contributed by atoms with Crippen molar-refractivity contribution in [2.45, 2.75) is 39.3 Å². The van der Waals surface area contributed by atoms with E-state index in [4.69, 9.17) is 14.2 Å². The maximum atomic E-state index is 13.3. The summed E-state index contributed by atoms with van der Waals surface area (Å²) < 4.78 is 21.4. The van der Waals surface area contributed by atoms with Crippen molar-refractivity contribution in [2.24, 2.45) is 0 Å². The monoisotopic (exact) mass is 597 g/mol. The van der Waals surface area contributed by atoms with E-state index in [9.17, 15) is 9.59 Å². The third-order valence-electron chi connectivity index (χ3n) is 8.39. The van der Waals surface area contributed by atoms with Gasteiger partial charge in [0.2, 0.25) is 0 Å². The van der Waals surface area contributed by atoms with Crippen molar-refractivity contribution in [1.29, 1.82) is 0 Å². The molecule has 0 radical (unpaired) electrons. The summed E-state index contributed by atoms with van der Waals surface area (Å²) in [5.74, 6) is 0.309. The van der Waals surface area contributed by atoms with Gasteiger partial charge in [-0.25, -0.2) is 4.98 Å². The molecule has 2 amide bonds. The van der Waals surface area contributed by atoms with Gasteiger partial charge in [-0.3, -0.25) is 19.8 Å². The summed E-state index contributed by atoms with van der Waals surface area (Å²) in [6, 6.07) is 13.4. The number of unbranched alkanes of at least 4 members (excludes halogenated alkanes) is 1. The third-order valence-corrected chi connectivity index (χ3v) is 8.39. The molecule has 1 saturated heterocycles. The minimum Gasteiger partial charge on any atom is -0.493 e. The zero-order chi connectivity index (χ0) is 30.5. The molecule has 0 atom stereocenters. The molecule has 10 nitrogen and oxygen atoms in total. The lowest BCUT2D eigenvalue weighted by molar-refractivity contribution is -0.122. The zero-order valence-corrected chi connectivity index (χ0v) is 25.4. The number of methoxy groups -OCH3 is 1. The number of benzene rings is 2. The van der Waals surface area contributed by atoms with E-state index in [1.54, 1.807) is 13.2 Å². The lowest BCUT2D eigenvalue weighted by Crippen LogP contribution is -2.36. The number of morpholine rings is 1. The molecule has 44 heavy (non-hydrogen) atoms. The Hall–Kier alpha value is -4.41. The van der Waals surface area contributed by atoms with Crippen LogP contribution in [-0.4, -0.2) is 77.4 Å². The van der Waals surface area contributed by atoms with Crippen molar-refractivity contribution in [3.05, 3.63) is 78.0 Å². The number of ether oxygens (including phenoxy) is 3. The number of nitrogens with zero attached hydrogens (tertiary/aromatic N) is 4. The Balaban J connectivity index is 1.22. The van der Waals surface area contributed by atoms with Crippen LogP contribution in [0.15, 0.2) is 61.2 Å². The topological polar surface area (TPSA) is 99.9 Å². The molecule has 230 valence electrons. The minimum absolute atomic E-state index is 0.335. The van der Waals surface area contributed by atoms with E-state index in [2.05, 4.69) is 24.3 Å². The predicted octanol–water partition coefficient (Wildman–Crippen LogP) is 4.30. The fourth-order valence-electron chi connectivity index (χ4n) is 6.04. The van der Waals surface area contributed by atoms with Crippen LogP contribution in [0.3, 0.4) is 0 Å². The molecule has 6 rings (SSSR count). The number of hydrogen-bond donors (Lipinski definition) is 1. The lowest BCUT2D eigenvalue weighted by Gasteiger charge is -2.26. The average molecular weight is 598 g/mol. The Kier molecular flexibility index (Phi) is 9.09. The number of aromatic nitrogens is 3. The normalized spacial score (nSPS) is 15.8. The number of rotatable bonds is 13. The number of imidazole rings is 1. The summed E-state index contributed by atoms with van der Waals surface area (Å²) in [6.45, 7) is 8.80. The third kappa shape index (κ3) is 6.27. The average Bonchev–Trinajstić information content (AvgIpc) is 3.71. The van der Waals surface area contributed by atoms with Gasteiger partial charge in [-0.15, -0.1) is 0 Å². The second kappa shape index (κ2) is 13.5. The van der Waals surface area contributed by atoms with Crippen molar-refractivity contribution < 1.29 is 23.8 Å². The quantitative estimate of drug-likeness (QED) is 0.181. The molecule has 0 unspecified atom stereocenters. The van der Waals surface area contributed by atoms with E-state index < -0.39 is 11.8 Å². The van der Waals surface area contributed by atoms with Crippen LogP contribution in [0.5, 0.6) is 11.5 Å². The molecule has 10 heteroatoms. The fraction of sp³-hybridized carbons (Fsp3) is 0.382.